The SMILES string of the molecule is C=C1CC[C@](C)([C@@H](O)C(=O)O)C1(C)C. The molecule has 1 fully saturated rings. The lowest BCUT2D eigenvalue weighted by molar-refractivity contribution is -0.157. The van der Waals surface area contributed by atoms with E-state index in [4.69, 9.17) is 5.11 Å². The second kappa shape index (κ2) is 3.09. The van der Waals surface area contributed by atoms with Gasteiger partial charge in [0.1, 0.15) is 0 Å². The molecule has 1 aliphatic carbocycles. The fourth-order valence-corrected chi connectivity index (χ4v) is 2.19. The largest absolute Gasteiger partial charge is 0.479 e. The molecular formula is C11H18O3. The highest BCUT2D eigenvalue weighted by molar-refractivity contribution is 5.73. The van der Waals surface area contributed by atoms with Crippen LogP contribution in [0.4, 0.5) is 0 Å². The monoisotopic (exact) mass is 198 g/mol. The van der Waals surface area contributed by atoms with Crippen molar-refractivity contribution in [3.63, 3.8) is 0 Å². The van der Waals surface area contributed by atoms with Gasteiger partial charge in [-0.1, -0.05) is 32.9 Å². The fraction of sp³-hybridized carbons (Fsp3) is 0.727. The molecule has 0 bridgehead atoms. The summed E-state index contributed by atoms with van der Waals surface area (Å²) in [5, 5.41) is 18.5. The van der Waals surface area contributed by atoms with E-state index in [0.717, 1.165) is 12.0 Å². The maximum absolute atomic E-state index is 10.8. The molecule has 0 aromatic heterocycles. The standard InChI is InChI=1S/C11H18O3/c1-7-5-6-11(4,10(7,2)3)8(12)9(13)14/h8,12H,1,5-6H2,2-4H3,(H,13,14)/t8-,11+/m0/s1. The number of carboxylic acid groups (broad SMARTS) is 1. The Hall–Kier alpha value is -0.830. The molecule has 3 nitrogen and oxygen atoms in total. The van der Waals surface area contributed by atoms with Crippen LogP contribution in [-0.2, 0) is 4.79 Å². The van der Waals surface area contributed by atoms with Crippen LogP contribution >= 0.6 is 0 Å². The Balaban J connectivity index is 3.07. The van der Waals surface area contributed by atoms with Crippen LogP contribution in [0.25, 0.3) is 0 Å². The molecule has 0 radical (unpaired) electrons. The summed E-state index contributed by atoms with van der Waals surface area (Å²) in [5.41, 5.74) is 0.112. The van der Waals surface area contributed by atoms with Crippen molar-refractivity contribution < 1.29 is 15.0 Å². The third-order valence-corrected chi connectivity index (χ3v) is 4.10. The van der Waals surface area contributed by atoms with Crippen LogP contribution in [0.2, 0.25) is 0 Å². The first kappa shape index (κ1) is 11.2. The number of aliphatic hydroxyl groups excluding tert-OH is 1. The maximum atomic E-state index is 10.8. The Kier molecular flexibility index (Phi) is 2.48. The molecule has 0 unspecified atom stereocenters. The van der Waals surface area contributed by atoms with Crippen molar-refractivity contribution in [1.29, 1.82) is 0 Å². The first-order valence-corrected chi connectivity index (χ1v) is 4.82. The smallest absolute Gasteiger partial charge is 0.333 e. The molecule has 0 heterocycles. The van der Waals surface area contributed by atoms with Crippen LogP contribution < -0.4 is 0 Å². The molecule has 14 heavy (non-hydrogen) atoms. The zero-order valence-corrected chi connectivity index (χ0v) is 9.00. The van der Waals surface area contributed by atoms with Crippen LogP contribution in [0.3, 0.4) is 0 Å². The minimum Gasteiger partial charge on any atom is -0.479 e. The number of carbonyl (C=O) groups is 1. The Bertz CT molecular complexity index is 280. The van der Waals surface area contributed by atoms with Gasteiger partial charge in [-0.2, -0.15) is 0 Å². The van der Waals surface area contributed by atoms with Crippen molar-refractivity contribution in [2.45, 2.75) is 39.7 Å². The van der Waals surface area contributed by atoms with Gasteiger partial charge in [-0.05, 0) is 18.3 Å². The summed E-state index contributed by atoms with van der Waals surface area (Å²) in [5.74, 6) is -1.14. The predicted molar refractivity (Wildman–Crippen MR) is 53.9 cm³/mol. The molecule has 0 aliphatic heterocycles. The van der Waals surface area contributed by atoms with Gasteiger partial charge in [-0.15, -0.1) is 0 Å². The first-order valence-electron chi connectivity index (χ1n) is 4.82. The number of carboxylic acids is 1. The predicted octanol–water partition coefficient (Wildman–Crippen LogP) is 1.81. The number of hydrogen-bond acceptors (Lipinski definition) is 2. The van der Waals surface area contributed by atoms with Gasteiger partial charge in [0.25, 0.3) is 0 Å². The molecular weight excluding hydrogens is 180 g/mol. The third kappa shape index (κ3) is 1.27. The number of hydrogen-bond donors (Lipinski definition) is 2. The summed E-state index contributed by atoms with van der Waals surface area (Å²) in [6.07, 6.45) is 0.178. The van der Waals surface area contributed by atoms with Crippen LogP contribution in [0.1, 0.15) is 33.6 Å². The number of aliphatic carboxylic acids is 1. The van der Waals surface area contributed by atoms with Crippen LogP contribution in [-0.4, -0.2) is 22.3 Å². The molecule has 80 valence electrons. The summed E-state index contributed by atoms with van der Waals surface area (Å²) in [6.45, 7) is 9.67. The third-order valence-electron chi connectivity index (χ3n) is 4.10. The second-order valence-corrected chi connectivity index (χ2v) is 4.89. The summed E-state index contributed by atoms with van der Waals surface area (Å²) in [7, 11) is 0. The van der Waals surface area contributed by atoms with Crippen molar-refractivity contribution in [1.82, 2.24) is 0 Å². The van der Waals surface area contributed by atoms with E-state index in [9.17, 15) is 9.90 Å². The van der Waals surface area contributed by atoms with Gasteiger partial charge in [0.2, 0.25) is 0 Å². The lowest BCUT2D eigenvalue weighted by Gasteiger charge is -2.40. The van der Waals surface area contributed by atoms with E-state index in [1.165, 1.54) is 0 Å². The lowest BCUT2D eigenvalue weighted by atomic mass is 9.65. The van der Waals surface area contributed by atoms with Crippen molar-refractivity contribution in [2.75, 3.05) is 0 Å². The van der Waals surface area contributed by atoms with Crippen LogP contribution in [0, 0.1) is 10.8 Å². The minimum atomic E-state index is -1.31. The topological polar surface area (TPSA) is 57.5 Å². The van der Waals surface area contributed by atoms with E-state index in [2.05, 4.69) is 6.58 Å². The number of allylic oxidation sites excluding steroid dienone is 1. The molecule has 1 rings (SSSR count). The van der Waals surface area contributed by atoms with Gasteiger partial charge in [0.15, 0.2) is 6.10 Å². The Morgan fingerprint density at radius 3 is 2.29 bits per heavy atom. The van der Waals surface area contributed by atoms with Gasteiger partial charge in [-0.3, -0.25) is 0 Å². The van der Waals surface area contributed by atoms with Crippen molar-refractivity contribution in [2.24, 2.45) is 10.8 Å². The van der Waals surface area contributed by atoms with E-state index >= 15 is 0 Å². The van der Waals surface area contributed by atoms with Crippen LogP contribution in [0.5, 0.6) is 0 Å². The summed E-state index contributed by atoms with van der Waals surface area (Å²) in [4.78, 5) is 10.8. The average molecular weight is 198 g/mol. The maximum Gasteiger partial charge on any atom is 0.333 e. The van der Waals surface area contributed by atoms with E-state index in [1.54, 1.807) is 0 Å². The van der Waals surface area contributed by atoms with E-state index in [-0.39, 0.29) is 5.41 Å². The van der Waals surface area contributed by atoms with Crippen molar-refractivity contribution in [3.05, 3.63) is 12.2 Å². The Morgan fingerprint density at radius 2 is 2.00 bits per heavy atom. The zero-order chi connectivity index (χ0) is 11.1. The highest BCUT2D eigenvalue weighted by Gasteiger charge is 2.54. The molecule has 0 aromatic carbocycles. The zero-order valence-electron chi connectivity index (χ0n) is 9.00. The van der Waals surface area contributed by atoms with Crippen molar-refractivity contribution in [3.8, 4) is 0 Å². The van der Waals surface area contributed by atoms with Crippen LogP contribution in [0.15, 0.2) is 12.2 Å². The molecule has 2 N–H and O–H groups in total. The Morgan fingerprint density at radius 1 is 1.50 bits per heavy atom. The molecule has 0 saturated heterocycles. The van der Waals surface area contributed by atoms with Gasteiger partial charge >= 0.3 is 5.97 Å². The molecule has 0 aromatic rings. The first-order chi connectivity index (χ1) is 6.23. The van der Waals surface area contributed by atoms with E-state index in [0.29, 0.717) is 6.42 Å². The molecule has 0 amide bonds. The highest BCUT2D eigenvalue weighted by atomic mass is 16.4. The Labute approximate surface area is 84.4 Å². The highest BCUT2D eigenvalue weighted by Crippen LogP contribution is 2.56. The van der Waals surface area contributed by atoms with E-state index in [1.807, 2.05) is 20.8 Å². The van der Waals surface area contributed by atoms with Gasteiger partial charge in [0, 0.05) is 5.41 Å². The average Bonchev–Trinajstić information content (AvgIpc) is 2.29. The normalized spacial score (nSPS) is 33.0. The molecule has 0 spiro atoms. The van der Waals surface area contributed by atoms with Gasteiger partial charge in [-0.25, -0.2) is 4.79 Å². The fourth-order valence-electron chi connectivity index (χ4n) is 2.19. The lowest BCUT2D eigenvalue weighted by Crippen LogP contribution is -2.45. The second-order valence-electron chi connectivity index (χ2n) is 4.89. The van der Waals surface area contributed by atoms with E-state index < -0.39 is 17.5 Å². The molecule has 3 heteroatoms. The minimum absolute atomic E-state index is 0.315. The molecule has 1 saturated carbocycles. The van der Waals surface area contributed by atoms with Crippen molar-refractivity contribution >= 4 is 5.97 Å². The quantitative estimate of drug-likeness (QED) is 0.665. The molecule has 1 aliphatic rings. The van der Waals surface area contributed by atoms with Gasteiger partial charge in [0.05, 0.1) is 0 Å². The number of aliphatic hydroxyl groups is 1. The number of rotatable bonds is 2. The summed E-state index contributed by atoms with van der Waals surface area (Å²) >= 11 is 0. The molecule has 2 atom stereocenters. The summed E-state index contributed by atoms with van der Waals surface area (Å²) in [6, 6.07) is 0. The summed E-state index contributed by atoms with van der Waals surface area (Å²) < 4.78 is 0. The van der Waals surface area contributed by atoms with Gasteiger partial charge < -0.3 is 10.2 Å².